The van der Waals surface area contributed by atoms with Crippen molar-refractivity contribution in [1.82, 2.24) is 14.9 Å². The molecule has 2 aromatic heterocycles. The molecule has 3 heterocycles. The van der Waals surface area contributed by atoms with Crippen molar-refractivity contribution >= 4 is 17.6 Å². The number of rotatable bonds is 4. The Hall–Kier alpha value is -3.24. The van der Waals surface area contributed by atoms with Crippen LogP contribution in [0.2, 0.25) is 0 Å². The first-order valence-electron chi connectivity index (χ1n) is 9.77. The van der Waals surface area contributed by atoms with Gasteiger partial charge < -0.3 is 24.8 Å². The van der Waals surface area contributed by atoms with Crippen LogP contribution in [0.4, 0.5) is 29.5 Å². The molecule has 0 radical (unpaired) electrons. The first-order chi connectivity index (χ1) is 14.6. The number of hydrogen-bond donors (Lipinski definition) is 2. The van der Waals surface area contributed by atoms with E-state index in [1.54, 1.807) is 13.2 Å². The minimum atomic E-state index is -4.85. The van der Waals surface area contributed by atoms with Crippen LogP contribution in [0.5, 0.6) is 5.75 Å². The van der Waals surface area contributed by atoms with Gasteiger partial charge in [0, 0.05) is 38.9 Å². The summed E-state index contributed by atoms with van der Waals surface area (Å²) in [4.78, 5) is 34.0. The van der Waals surface area contributed by atoms with E-state index in [-0.39, 0.29) is 17.7 Å². The molecule has 1 aliphatic rings. The van der Waals surface area contributed by atoms with E-state index in [0.29, 0.717) is 25.7 Å². The van der Waals surface area contributed by atoms with E-state index in [9.17, 15) is 22.8 Å². The molecule has 1 amide bonds. The highest BCUT2D eigenvalue weighted by Crippen LogP contribution is 2.29. The number of amides is 1. The average Bonchev–Trinajstić information content (AvgIpc) is 2.73. The van der Waals surface area contributed by atoms with Crippen molar-refractivity contribution in [2.75, 3.05) is 36.9 Å². The third-order valence-corrected chi connectivity index (χ3v) is 5.18. The number of hydrogen-bond acceptors (Lipinski definition) is 6. The number of nitrogens with zero attached hydrogens (tertiary/aromatic N) is 3. The number of piperazine rings is 1. The zero-order valence-electron chi connectivity index (χ0n) is 17.4. The lowest BCUT2D eigenvalue weighted by Gasteiger charge is -2.43. The molecule has 0 spiro atoms. The van der Waals surface area contributed by atoms with Crippen LogP contribution in [0.1, 0.15) is 19.4 Å². The van der Waals surface area contributed by atoms with Crippen molar-refractivity contribution < 1.29 is 22.7 Å². The van der Waals surface area contributed by atoms with Crippen LogP contribution in [0.15, 0.2) is 35.4 Å². The molecule has 1 saturated heterocycles. The average molecular weight is 439 g/mol. The largest absolute Gasteiger partial charge is 0.421 e. The number of nitrogens with one attached hydrogen (secondary N) is 2. The number of pyridine rings is 2. The number of aromatic amines is 1. The van der Waals surface area contributed by atoms with Crippen LogP contribution in [-0.2, 0) is 6.18 Å². The Balaban J connectivity index is 1.75. The Bertz CT molecular complexity index is 975. The number of carbonyl (C=O) groups is 1. The van der Waals surface area contributed by atoms with Gasteiger partial charge in [0.25, 0.3) is 5.56 Å². The van der Waals surface area contributed by atoms with E-state index in [0.717, 1.165) is 17.7 Å². The van der Waals surface area contributed by atoms with Crippen LogP contribution in [0.25, 0.3) is 0 Å². The maximum atomic E-state index is 13.0. The minimum Gasteiger partial charge on any atom is -0.409 e. The number of halogens is 3. The SMILES string of the molecule is CNc1ccc(N2CCN(C(=O)Oc3c[nH]c(=O)c(C(F)(F)F)c3)C(C(C)C)C2)cn1. The van der Waals surface area contributed by atoms with Crippen molar-refractivity contribution in [3.63, 3.8) is 0 Å². The summed E-state index contributed by atoms with van der Waals surface area (Å²) in [7, 11) is 1.78. The summed E-state index contributed by atoms with van der Waals surface area (Å²) in [6, 6.07) is 4.10. The van der Waals surface area contributed by atoms with E-state index in [4.69, 9.17) is 4.74 Å². The van der Waals surface area contributed by atoms with Gasteiger partial charge in [0.05, 0.1) is 17.9 Å². The summed E-state index contributed by atoms with van der Waals surface area (Å²) < 4.78 is 44.0. The molecule has 0 aromatic carbocycles. The number of ether oxygens (including phenoxy) is 1. The van der Waals surface area contributed by atoms with Gasteiger partial charge in [0.1, 0.15) is 17.1 Å². The topological polar surface area (TPSA) is 90.6 Å². The van der Waals surface area contributed by atoms with Gasteiger partial charge in [-0.25, -0.2) is 9.78 Å². The summed E-state index contributed by atoms with van der Waals surface area (Å²) in [6.07, 6.45) is -2.91. The second kappa shape index (κ2) is 8.86. The summed E-state index contributed by atoms with van der Waals surface area (Å²) in [6.45, 7) is 5.27. The second-order valence-electron chi connectivity index (χ2n) is 7.55. The van der Waals surface area contributed by atoms with Gasteiger partial charge in [-0.1, -0.05) is 13.8 Å². The molecule has 0 bridgehead atoms. The molecule has 8 nitrogen and oxygen atoms in total. The Labute approximate surface area is 177 Å². The highest BCUT2D eigenvalue weighted by molar-refractivity contribution is 5.71. The molecule has 0 aliphatic carbocycles. The van der Waals surface area contributed by atoms with E-state index in [1.165, 1.54) is 4.90 Å². The lowest BCUT2D eigenvalue weighted by atomic mass is 9.99. The summed E-state index contributed by atoms with van der Waals surface area (Å²) >= 11 is 0. The van der Waals surface area contributed by atoms with Crippen molar-refractivity contribution in [2.24, 2.45) is 5.92 Å². The Morgan fingerprint density at radius 3 is 2.65 bits per heavy atom. The van der Waals surface area contributed by atoms with E-state index in [2.05, 4.69) is 15.2 Å². The number of anilines is 2. The molecular formula is C20H24F3N5O3. The van der Waals surface area contributed by atoms with Crippen LogP contribution in [0, 0.1) is 5.92 Å². The molecule has 1 fully saturated rings. The third-order valence-electron chi connectivity index (χ3n) is 5.18. The van der Waals surface area contributed by atoms with Gasteiger partial charge in [-0.2, -0.15) is 13.2 Å². The quantitative estimate of drug-likeness (QED) is 0.761. The lowest BCUT2D eigenvalue weighted by Crippen LogP contribution is -2.58. The Kier molecular flexibility index (Phi) is 6.42. The van der Waals surface area contributed by atoms with Gasteiger partial charge >= 0.3 is 12.3 Å². The molecular weight excluding hydrogens is 415 g/mol. The van der Waals surface area contributed by atoms with Crippen molar-refractivity contribution in [1.29, 1.82) is 0 Å². The second-order valence-corrected chi connectivity index (χ2v) is 7.55. The summed E-state index contributed by atoms with van der Waals surface area (Å²) in [5.41, 5.74) is -1.80. The number of alkyl halides is 3. The summed E-state index contributed by atoms with van der Waals surface area (Å²) in [5, 5.41) is 2.95. The minimum absolute atomic E-state index is 0.0706. The van der Waals surface area contributed by atoms with Crippen LogP contribution < -0.4 is 20.5 Å². The lowest BCUT2D eigenvalue weighted by molar-refractivity contribution is -0.138. The zero-order valence-corrected chi connectivity index (χ0v) is 17.4. The van der Waals surface area contributed by atoms with E-state index >= 15 is 0 Å². The monoisotopic (exact) mass is 439 g/mol. The van der Waals surface area contributed by atoms with Crippen molar-refractivity contribution in [3.05, 3.63) is 46.5 Å². The molecule has 2 N–H and O–H groups in total. The van der Waals surface area contributed by atoms with Crippen LogP contribution in [0.3, 0.4) is 0 Å². The van der Waals surface area contributed by atoms with Gasteiger partial charge in [-0.3, -0.25) is 4.79 Å². The predicted octanol–water partition coefficient (Wildman–Crippen LogP) is 3.18. The van der Waals surface area contributed by atoms with Crippen LogP contribution >= 0.6 is 0 Å². The highest BCUT2D eigenvalue weighted by Gasteiger charge is 2.36. The molecule has 31 heavy (non-hydrogen) atoms. The number of H-pyrrole nitrogens is 1. The zero-order chi connectivity index (χ0) is 22.8. The smallest absolute Gasteiger partial charge is 0.409 e. The fourth-order valence-corrected chi connectivity index (χ4v) is 3.46. The standard InChI is InChI=1S/C20H24F3N5O3/c1-12(2)16-11-27(13-4-5-17(24-3)25-9-13)6-7-28(16)19(30)31-14-8-15(20(21,22)23)18(29)26-10-14/h4-5,8-10,12,16H,6-7,11H2,1-3H3,(H,24,25)(H,26,29). The molecule has 0 saturated carbocycles. The molecule has 1 unspecified atom stereocenters. The fourth-order valence-electron chi connectivity index (χ4n) is 3.46. The normalized spacial score (nSPS) is 17.1. The van der Waals surface area contributed by atoms with Crippen molar-refractivity contribution in [2.45, 2.75) is 26.1 Å². The van der Waals surface area contributed by atoms with Gasteiger partial charge in [-0.15, -0.1) is 0 Å². The maximum Gasteiger partial charge on any atom is 0.421 e. The van der Waals surface area contributed by atoms with E-state index < -0.39 is 23.4 Å². The molecule has 1 aliphatic heterocycles. The number of aromatic nitrogens is 2. The predicted molar refractivity (Wildman–Crippen MR) is 109 cm³/mol. The molecule has 2 aromatic rings. The van der Waals surface area contributed by atoms with Gasteiger partial charge in [-0.05, 0) is 18.1 Å². The maximum absolute atomic E-state index is 13.0. The summed E-state index contributed by atoms with van der Waals surface area (Å²) in [5.74, 6) is 0.445. The van der Waals surface area contributed by atoms with Crippen LogP contribution in [-0.4, -0.2) is 53.7 Å². The Morgan fingerprint density at radius 2 is 2.06 bits per heavy atom. The Morgan fingerprint density at radius 1 is 1.32 bits per heavy atom. The third kappa shape index (κ3) is 5.09. The molecule has 3 rings (SSSR count). The molecule has 1 atom stereocenters. The molecule has 11 heteroatoms. The first kappa shape index (κ1) is 22.4. The van der Waals surface area contributed by atoms with E-state index in [1.807, 2.05) is 31.0 Å². The van der Waals surface area contributed by atoms with Crippen molar-refractivity contribution in [3.8, 4) is 5.75 Å². The fraction of sp³-hybridized carbons (Fsp3) is 0.450. The van der Waals surface area contributed by atoms with Gasteiger partial charge in [0.2, 0.25) is 0 Å². The number of carbonyl (C=O) groups excluding carboxylic acids is 1. The highest BCUT2D eigenvalue weighted by atomic mass is 19.4. The molecule has 168 valence electrons. The first-order valence-corrected chi connectivity index (χ1v) is 9.77. The van der Waals surface area contributed by atoms with Gasteiger partial charge in [0.15, 0.2) is 0 Å².